The highest BCUT2D eigenvalue weighted by molar-refractivity contribution is 9.10. The number of nitrogens with one attached hydrogen (secondary N) is 2. The van der Waals surface area contributed by atoms with Crippen molar-refractivity contribution in [1.29, 1.82) is 0 Å². The summed E-state index contributed by atoms with van der Waals surface area (Å²) in [6, 6.07) is 6.09. The predicted octanol–water partition coefficient (Wildman–Crippen LogP) is 3.59. The van der Waals surface area contributed by atoms with Crippen molar-refractivity contribution in [2.75, 3.05) is 0 Å². The summed E-state index contributed by atoms with van der Waals surface area (Å²) in [4.78, 5) is 5.45. The van der Waals surface area contributed by atoms with Gasteiger partial charge in [-0.1, -0.05) is 0 Å². The molecular weight excluding hydrogens is 336 g/mol. The number of aromatic nitrogens is 3. The van der Waals surface area contributed by atoms with Gasteiger partial charge in [0.15, 0.2) is 0 Å². The molecule has 3 heterocycles. The lowest BCUT2D eigenvalue weighted by molar-refractivity contribution is 0.702. The van der Waals surface area contributed by atoms with E-state index in [4.69, 9.17) is 0 Å². The first-order valence-electron chi connectivity index (χ1n) is 6.19. The molecule has 0 aliphatic rings. The van der Waals surface area contributed by atoms with Gasteiger partial charge in [0, 0.05) is 51.3 Å². The molecule has 0 saturated heterocycles. The van der Waals surface area contributed by atoms with Crippen molar-refractivity contribution in [3.63, 3.8) is 0 Å². The van der Waals surface area contributed by atoms with Crippen molar-refractivity contribution in [2.45, 2.75) is 13.1 Å². The van der Waals surface area contributed by atoms with Gasteiger partial charge in [-0.2, -0.15) is 5.10 Å². The number of hydrogen-bond donors (Lipinski definition) is 2. The molecule has 0 spiro atoms. The molecule has 102 valence electrons. The van der Waals surface area contributed by atoms with Gasteiger partial charge >= 0.3 is 0 Å². The van der Waals surface area contributed by atoms with E-state index in [2.05, 4.69) is 47.9 Å². The van der Waals surface area contributed by atoms with Gasteiger partial charge in [-0.05, 0) is 34.1 Å². The van der Waals surface area contributed by atoms with E-state index in [0.29, 0.717) is 0 Å². The van der Waals surface area contributed by atoms with E-state index in [1.807, 2.05) is 24.5 Å². The Hall–Kier alpha value is -1.50. The summed E-state index contributed by atoms with van der Waals surface area (Å²) in [7, 11) is 0. The number of halogens is 1. The average Bonchev–Trinajstić information content (AvgIpc) is 3.09. The Morgan fingerprint density at radius 1 is 1.30 bits per heavy atom. The van der Waals surface area contributed by atoms with E-state index in [1.165, 1.54) is 4.88 Å². The van der Waals surface area contributed by atoms with Crippen LogP contribution in [0.3, 0.4) is 0 Å². The van der Waals surface area contributed by atoms with Crippen molar-refractivity contribution >= 4 is 27.3 Å². The van der Waals surface area contributed by atoms with Crippen LogP contribution in [0.15, 0.2) is 46.6 Å². The molecule has 0 aliphatic carbocycles. The molecule has 0 radical (unpaired) electrons. The van der Waals surface area contributed by atoms with Gasteiger partial charge in [0.05, 0.1) is 11.9 Å². The van der Waals surface area contributed by atoms with Crippen LogP contribution in [0, 0.1) is 0 Å². The van der Waals surface area contributed by atoms with Crippen molar-refractivity contribution in [1.82, 2.24) is 20.5 Å². The smallest absolute Gasteiger partial charge is 0.0710 e. The maximum Gasteiger partial charge on any atom is 0.0710 e. The van der Waals surface area contributed by atoms with E-state index in [0.717, 1.165) is 34.4 Å². The molecule has 0 saturated carbocycles. The fraction of sp³-hybridized carbons (Fsp3) is 0.143. The first kappa shape index (κ1) is 13.5. The van der Waals surface area contributed by atoms with Crippen molar-refractivity contribution in [3.05, 3.63) is 57.1 Å². The zero-order chi connectivity index (χ0) is 13.8. The van der Waals surface area contributed by atoms with Gasteiger partial charge in [0.1, 0.15) is 0 Å². The maximum atomic E-state index is 4.14. The summed E-state index contributed by atoms with van der Waals surface area (Å²) >= 11 is 5.21. The normalized spacial score (nSPS) is 10.8. The van der Waals surface area contributed by atoms with E-state index in [9.17, 15) is 0 Å². The van der Waals surface area contributed by atoms with Gasteiger partial charge in [0.25, 0.3) is 0 Å². The SMILES string of the molecule is Brc1csc(CNCc2cn[nH]c2-c2cccnc2)c1. The highest BCUT2D eigenvalue weighted by atomic mass is 79.9. The lowest BCUT2D eigenvalue weighted by atomic mass is 10.1. The number of rotatable bonds is 5. The fourth-order valence-corrected chi connectivity index (χ4v) is 3.39. The van der Waals surface area contributed by atoms with E-state index in [-0.39, 0.29) is 0 Å². The molecule has 0 amide bonds. The molecule has 3 rings (SSSR count). The monoisotopic (exact) mass is 348 g/mol. The highest BCUT2D eigenvalue weighted by Crippen LogP contribution is 2.21. The van der Waals surface area contributed by atoms with Crippen LogP contribution in [0.4, 0.5) is 0 Å². The third-order valence-corrected chi connectivity index (χ3v) is 4.60. The molecule has 2 N–H and O–H groups in total. The van der Waals surface area contributed by atoms with Crippen LogP contribution < -0.4 is 5.32 Å². The van der Waals surface area contributed by atoms with E-state index in [1.54, 1.807) is 17.5 Å². The second kappa shape index (κ2) is 6.30. The minimum Gasteiger partial charge on any atom is -0.308 e. The molecule has 0 bridgehead atoms. The molecule has 0 atom stereocenters. The lowest BCUT2D eigenvalue weighted by Crippen LogP contribution is -2.11. The molecular formula is C14H13BrN4S. The molecule has 0 fully saturated rings. The second-order valence-corrected chi connectivity index (χ2v) is 6.26. The van der Waals surface area contributed by atoms with Crippen molar-refractivity contribution in [3.8, 4) is 11.3 Å². The summed E-state index contributed by atoms with van der Waals surface area (Å²) in [5, 5.41) is 12.7. The summed E-state index contributed by atoms with van der Waals surface area (Å²) < 4.78 is 1.14. The first-order valence-corrected chi connectivity index (χ1v) is 7.86. The Kier molecular flexibility index (Phi) is 4.25. The summed E-state index contributed by atoms with van der Waals surface area (Å²) in [5.74, 6) is 0. The average molecular weight is 349 g/mol. The topological polar surface area (TPSA) is 53.6 Å². The van der Waals surface area contributed by atoms with Gasteiger partial charge in [0.2, 0.25) is 0 Å². The molecule has 3 aromatic rings. The summed E-state index contributed by atoms with van der Waals surface area (Å²) in [6.07, 6.45) is 5.47. The van der Waals surface area contributed by atoms with Crippen LogP contribution in [0.5, 0.6) is 0 Å². The van der Waals surface area contributed by atoms with Crippen LogP contribution >= 0.6 is 27.3 Å². The Morgan fingerprint density at radius 2 is 2.25 bits per heavy atom. The Bertz CT molecular complexity index is 677. The summed E-state index contributed by atoms with van der Waals surface area (Å²) in [5.41, 5.74) is 3.23. The molecule has 3 aromatic heterocycles. The quantitative estimate of drug-likeness (QED) is 0.740. The molecule has 0 unspecified atom stereocenters. The number of hydrogen-bond acceptors (Lipinski definition) is 4. The van der Waals surface area contributed by atoms with Gasteiger partial charge in [-0.25, -0.2) is 0 Å². The number of pyridine rings is 1. The number of aromatic amines is 1. The largest absolute Gasteiger partial charge is 0.308 e. The molecule has 0 aromatic carbocycles. The van der Waals surface area contributed by atoms with Crippen LogP contribution in [-0.4, -0.2) is 15.2 Å². The van der Waals surface area contributed by atoms with Crippen LogP contribution in [0.2, 0.25) is 0 Å². The van der Waals surface area contributed by atoms with Crippen molar-refractivity contribution < 1.29 is 0 Å². The van der Waals surface area contributed by atoms with Crippen LogP contribution in [0.1, 0.15) is 10.4 Å². The van der Waals surface area contributed by atoms with Crippen molar-refractivity contribution in [2.24, 2.45) is 0 Å². The molecule has 6 heteroatoms. The maximum absolute atomic E-state index is 4.14. The molecule has 4 nitrogen and oxygen atoms in total. The van der Waals surface area contributed by atoms with Gasteiger partial charge in [-0.15, -0.1) is 11.3 Å². The van der Waals surface area contributed by atoms with Crippen LogP contribution in [0.25, 0.3) is 11.3 Å². The second-order valence-electron chi connectivity index (χ2n) is 4.35. The number of nitrogens with zero attached hydrogens (tertiary/aromatic N) is 2. The van der Waals surface area contributed by atoms with Gasteiger partial charge < -0.3 is 5.32 Å². The predicted molar refractivity (Wildman–Crippen MR) is 84.4 cm³/mol. The van der Waals surface area contributed by atoms with Crippen LogP contribution in [-0.2, 0) is 13.1 Å². The lowest BCUT2D eigenvalue weighted by Gasteiger charge is -2.04. The zero-order valence-corrected chi connectivity index (χ0v) is 13.0. The number of H-pyrrole nitrogens is 1. The minimum absolute atomic E-state index is 0.774. The third kappa shape index (κ3) is 3.15. The highest BCUT2D eigenvalue weighted by Gasteiger charge is 2.07. The Balaban J connectivity index is 1.65. The zero-order valence-electron chi connectivity index (χ0n) is 10.6. The molecule has 0 aliphatic heterocycles. The Morgan fingerprint density at radius 3 is 3.00 bits per heavy atom. The van der Waals surface area contributed by atoms with E-state index < -0.39 is 0 Å². The number of thiophene rings is 1. The fourth-order valence-electron chi connectivity index (χ4n) is 1.97. The summed E-state index contributed by atoms with van der Waals surface area (Å²) in [6.45, 7) is 1.63. The minimum atomic E-state index is 0.774. The molecule has 20 heavy (non-hydrogen) atoms. The standard InChI is InChI=1S/C14H13BrN4S/c15-12-4-13(20-9-12)8-17-6-11-7-18-19-14(11)10-2-1-3-16-5-10/h1-5,7,9,17H,6,8H2,(H,18,19). The van der Waals surface area contributed by atoms with E-state index >= 15 is 0 Å². The first-order chi connectivity index (χ1) is 9.83. The Labute approximate surface area is 129 Å². The third-order valence-electron chi connectivity index (χ3n) is 2.90. The van der Waals surface area contributed by atoms with Gasteiger partial charge in [-0.3, -0.25) is 10.1 Å².